The van der Waals surface area contributed by atoms with Crippen molar-refractivity contribution in [1.82, 2.24) is 19.9 Å². The zero-order chi connectivity index (χ0) is 17.2. The van der Waals surface area contributed by atoms with Crippen LogP contribution >= 0.6 is 0 Å². The van der Waals surface area contributed by atoms with Crippen molar-refractivity contribution in [1.29, 1.82) is 0 Å². The molecule has 1 aromatic heterocycles. The molecule has 1 amide bonds. The van der Waals surface area contributed by atoms with Crippen LogP contribution in [0, 0.1) is 5.82 Å². The monoisotopic (exact) mass is 339 g/mol. The first-order chi connectivity index (χ1) is 12.2. The quantitative estimate of drug-likeness (QED) is 0.732. The lowest BCUT2D eigenvalue weighted by Gasteiger charge is -2.36. The number of rotatable bonds is 3. The van der Waals surface area contributed by atoms with E-state index in [1.54, 1.807) is 21.7 Å². The lowest BCUT2D eigenvalue weighted by molar-refractivity contribution is -0.132. The van der Waals surface area contributed by atoms with Crippen LogP contribution in [-0.2, 0) is 11.3 Å². The summed E-state index contributed by atoms with van der Waals surface area (Å²) in [7, 11) is 0. The fraction of sp³-hybridized carbons (Fsp3) is 0.278. The molecule has 0 radical (unpaired) electrons. The van der Waals surface area contributed by atoms with Gasteiger partial charge in [-0.1, -0.05) is 29.5 Å². The Morgan fingerprint density at radius 1 is 1.00 bits per heavy atom. The second kappa shape index (κ2) is 6.51. The van der Waals surface area contributed by atoms with E-state index >= 15 is 0 Å². The second-order valence-electron chi connectivity index (χ2n) is 6.06. The fourth-order valence-corrected chi connectivity index (χ4v) is 3.17. The summed E-state index contributed by atoms with van der Waals surface area (Å²) in [4.78, 5) is 16.3. The smallest absolute Gasteiger partial charge is 0.244 e. The number of hydrogen-bond acceptors (Lipinski definition) is 4. The highest BCUT2D eigenvalue weighted by atomic mass is 19.1. The molecule has 0 spiro atoms. The summed E-state index contributed by atoms with van der Waals surface area (Å²) in [6.07, 6.45) is 0. The zero-order valence-corrected chi connectivity index (χ0v) is 13.7. The van der Waals surface area contributed by atoms with Crippen LogP contribution in [0.4, 0.5) is 10.1 Å². The number of piperazine rings is 1. The Morgan fingerprint density at radius 3 is 2.52 bits per heavy atom. The summed E-state index contributed by atoms with van der Waals surface area (Å²) in [5.74, 6) is -0.222. The maximum atomic E-state index is 13.9. The number of carbonyl (C=O) groups excluding carboxylic acids is 1. The maximum absolute atomic E-state index is 13.9. The van der Waals surface area contributed by atoms with Crippen LogP contribution in [0.1, 0.15) is 0 Å². The van der Waals surface area contributed by atoms with Crippen molar-refractivity contribution in [3.05, 3.63) is 54.3 Å². The average Bonchev–Trinajstić information content (AvgIpc) is 3.05. The van der Waals surface area contributed by atoms with Gasteiger partial charge in [-0.3, -0.25) is 4.79 Å². The second-order valence-corrected chi connectivity index (χ2v) is 6.06. The first-order valence-corrected chi connectivity index (χ1v) is 8.28. The molecule has 25 heavy (non-hydrogen) atoms. The molecule has 7 heteroatoms. The van der Waals surface area contributed by atoms with Gasteiger partial charge >= 0.3 is 0 Å². The van der Waals surface area contributed by atoms with Gasteiger partial charge in [0.05, 0.1) is 11.2 Å². The molecule has 4 rings (SSSR count). The van der Waals surface area contributed by atoms with Crippen LogP contribution in [0.25, 0.3) is 11.0 Å². The Hall–Kier alpha value is -2.96. The molecule has 0 bridgehead atoms. The Kier molecular flexibility index (Phi) is 4.05. The highest BCUT2D eigenvalue weighted by Gasteiger charge is 2.23. The lowest BCUT2D eigenvalue weighted by atomic mass is 10.2. The van der Waals surface area contributed by atoms with E-state index in [9.17, 15) is 9.18 Å². The van der Waals surface area contributed by atoms with E-state index in [-0.39, 0.29) is 18.3 Å². The fourth-order valence-electron chi connectivity index (χ4n) is 3.17. The van der Waals surface area contributed by atoms with Crippen LogP contribution in [0.2, 0.25) is 0 Å². The summed E-state index contributed by atoms with van der Waals surface area (Å²) >= 11 is 0. The van der Waals surface area contributed by atoms with E-state index in [4.69, 9.17) is 0 Å². The number of aromatic nitrogens is 3. The molecule has 0 atom stereocenters. The third kappa shape index (κ3) is 3.05. The number of anilines is 1. The van der Waals surface area contributed by atoms with Crippen molar-refractivity contribution in [3.63, 3.8) is 0 Å². The molecule has 0 N–H and O–H groups in total. The van der Waals surface area contributed by atoms with Crippen molar-refractivity contribution in [2.24, 2.45) is 0 Å². The van der Waals surface area contributed by atoms with E-state index in [1.807, 2.05) is 35.2 Å². The van der Waals surface area contributed by atoms with Gasteiger partial charge in [-0.25, -0.2) is 9.07 Å². The zero-order valence-electron chi connectivity index (χ0n) is 13.7. The van der Waals surface area contributed by atoms with Crippen molar-refractivity contribution in [2.45, 2.75) is 6.54 Å². The van der Waals surface area contributed by atoms with Crippen LogP contribution in [0.5, 0.6) is 0 Å². The number of fused-ring (bicyclic) bond motifs is 1. The minimum Gasteiger partial charge on any atom is -0.366 e. The molecule has 0 aliphatic carbocycles. The van der Waals surface area contributed by atoms with Crippen molar-refractivity contribution >= 4 is 22.6 Å². The summed E-state index contributed by atoms with van der Waals surface area (Å²) in [6.45, 7) is 2.54. The molecule has 0 saturated carbocycles. The van der Waals surface area contributed by atoms with E-state index in [2.05, 4.69) is 10.3 Å². The predicted molar refractivity (Wildman–Crippen MR) is 92.7 cm³/mol. The predicted octanol–water partition coefficient (Wildman–Crippen LogP) is 1.92. The average molecular weight is 339 g/mol. The number of halogens is 1. The number of para-hydroxylation sites is 2. The molecular weight excluding hydrogens is 321 g/mol. The molecule has 1 aliphatic heterocycles. The number of amides is 1. The minimum atomic E-state index is -0.226. The first kappa shape index (κ1) is 15.6. The van der Waals surface area contributed by atoms with Crippen LogP contribution in [0.15, 0.2) is 48.5 Å². The molecule has 6 nitrogen and oxygen atoms in total. The number of benzene rings is 2. The van der Waals surface area contributed by atoms with Crippen molar-refractivity contribution in [3.8, 4) is 0 Å². The van der Waals surface area contributed by atoms with Crippen LogP contribution < -0.4 is 4.90 Å². The molecule has 2 aromatic carbocycles. The molecule has 3 aromatic rings. The van der Waals surface area contributed by atoms with E-state index in [1.165, 1.54) is 6.07 Å². The Morgan fingerprint density at radius 2 is 1.72 bits per heavy atom. The molecule has 1 saturated heterocycles. The van der Waals surface area contributed by atoms with Crippen LogP contribution in [-0.4, -0.2) is 52.0 Å². The normalized spacial score (nSPS) is 14.9. The Bertz CT molecular complexity index is 901. The summed E-state index contributed by atoms with van der Waals surface area (Å²) in [5, 5.41) is 8.13. The Balaban J connectivity index is 1.41. The molecule has 2 heterocycles. The van der Waals surface area contributed by atoms with Gasteiger partial charge in [0.15, 0.2) is 0 Å². The number of nitrogens with zero attached hydrogens (tertiary/aromatic N) is 5. The Labute approximate surface area is 144 Å². The third-order valence-corrected chi connectivity index (χ3v) is 4.53. The van der Waals surface area contributed by atoms with Gasteiger partial charge in [0, 0.05) is 26.2 Å². The summed E-state index contributed by atoms with van der Waals surface area (Å²) in [5.41, 5.74) is 2.22. The first-order valence-electron chi connectivity index (χ1n) is 8.28. The SMILES string of the molecule is O=C(Cn1nnc2ccccc21)N1CCN(c2ccccc2F)CC1. The highest BCUT2D eigenvalue weighted by molar-refractivity contribution is 5.80. The minimum absolute atomic E-state index is 0.00355. The largest absolute Gasteiger partial charge is 0.366 e. The summed E-state index contributed by atoms with van der Waals surface area (Å²) in [6, 6.07) is 14.3. The van der Waals surface area contributed by atoms with Gasteiger partial charge in [-0.2, -0.15) is 0 Å². The standard InChI is InChI=1S/C18H18FN5O/c19-14-5-1-3-7-16(14)22-9-11-23(12-10-22)18(25)13-24-17-8-4-2-6-15(17)20-21-24/h1-8H,9-13H2. The van der Waals surface area contributed by atoms with Gasteiger partial charge in [-0.15, -0.1) is 5.10 Å². The molecule has 128 valence electrons. The van der Waals surface area contributed by atoms with Crippen LogP contribution in [0.3, 0.4) is 0 Å². The van der Waals surface area contributed by atoms with Gasteiger partial charge in [0.2, 0.25) is 5.91 Å². The summed E-state index contributed by atoms with van der Waals surface area (Å²) < 4.78 is 15.5. The van der Waals surface area contributed by atoms with E-state index in [0.29, 0.717) is 31.9 Å². The van der Waals surface area contributed by atoms with Gasteiger partial charge in [0.25, 0.3) is 0 Å². The molecular formula is C18H18FN5O. The van der Waals surface area contributed by atoms with E-state index in [0.717, 1.165) is 11.0 Å². The van der Waals surface area contributed by atoms with Crippen molar-refractivity contribution < 1.29 is 9.18 Å². The third-order valence-electron chi connectivity index (χ3n) is 4.53. The number of hydrogen-bond donors (Lipinski definition) is 0. The van der Waals surface area contributed by atoms with Gasteiger partial charge in [0.1, 0.15) is 17.9 Å². The molecule has 0 unspecified atom stereocenters. The van der Waals surface area contributed by atoms with Crippen molar-refractivity contribution in [2.75, 3.05) is 31.1 Å². The molecule has 1 fully saturated rings. The van der Waals surface area contributed by atoms with Gasteiger partial charge in [-0.05, 0) is 24.3 Å². The maximum Gasteiger partial charge on any atom is 0.244 e. The number of carbonyl (C=O) groups is 1. The lowest BCUT2D eigenvalue weighted by Crippen LogP contribution is -2.49. The molecule has 1 aliphatic rings. The topological polar surface area (TPSA) is 54.3 Å². The highest BCUT2D eigenvalue weighted by Crippen LogP contribution is 2.20. The van der Waals surface area contributed by atoms with E-state index < -0.39 is 0 Å². The van der Waals surface area contributed by atoms with Gasteiger partial charge < -0.3 is 9.80 Å².